The number of urea groups is 1. The van der Waals surface area contributed by atoms with E-state index in [4.69, 9.17) is 5.11 Å². The van der Waals surface area contributed by atoms with Gasteiger partial charge in [0.1, 0.15) is 4.21 Å². The number of carbonyl (C=O) groups is 2. The maximum atomic E-state index is 13.1. The summed E-state index contributed by atoms with van der Waals surface area (Å²) in [7, 11) is -1.41. The number of carboxylic acid groups (broad SMARTS) is 1. The van der Waals surface area contributed by atoms with E-state index in [2.05, 4.69) is 15.2 Å². The van der Waals surface area contributed by atoms with Gasteiger partial charge in [0, 0.05) is 17.8 Å². The molecule has 0 aromatic carbocycles. The minimum Gasteiger partial charge on any atom is -0.481 e. The van der Waals surface area contributed by atoms with Gasteiger partial charge >= 0.3 is 12.0 Å². The van der Waals surface area contributed by atoms with E-state index >= 15 is 0 Å². The van der Waals surface area contributed by atoms with Crippen molar-refractivity contribution in [2.24, 2.45) is 0 Å². The molecule has 1 atom stereocenters. The Bertz CT molecular complexity index is 679. The Morgan fingerprint density at radius 2 is 1.68 bits per heavy atom. The number of thiazole rings is 1. The highest BCUT2D eigenvalue weighted by Crippen LogP contribution is 2.31. The van der Waals surface area contributed by atoms with Gasteiger partial charge in [-0.3, -0.25) is 14.3 Å². The van der Waals surface area contributed by atoms with Crippen LogP contribution < -0.4 is 5.32 Å². The van der Waals surface area contributed by atoms with Gasteiger partial charge in [-0.05, 0) is 25.7 Å². The average Bonchev–Trinajstić information content (AvgIpc) is 3.16. The first-order chi connectivity index (χ1) is 13.5. The van der Waals surface area contributed by atoms with Crippen LogP contribution in [-0.2, 0) is 15.6 Å². The van der Waals surface area contributed by atoms with Crippen molar-refractivity contribution in [3.8, 4) is 0 Å². The number of aliphatic carboxylic acids is 1. The number of nitrogens with zero attached hydrogens (tertiary/aromatic N) is 2. The first-order valence-corrected chi connectivity index (χ1v) is 12.3. The van der Waals surface area contributed by atoms with E-state index in [1.54, 1.807) is 0 Å². The minimum atomic E-state index is -1.41. The summed E-state index contributed by atoms with van der Waals surface area (Å²) in [6.07, 6.45) is 12.7. The van der Waals surface area contributed by atoms with E-state index in [1.807, 2.05) is 0 Å². The van der Waals surface area contributed by atoms with E-state index in [1.165, 1.54) is 56.1 Å². The second-order valence-corrected chi connectivity index (χ2v) is 10.4. The monoisotopic (exact) mass is 427 g/mol. The van der Waals surface area contributed by atoms with Crippen molar-refractivity contribution < 1.29 is 18.9 Å². The Labute approximate surface area is 172 Å². The maximum absolute atomic E-state index is 13.1. The molecule has 1 unspecified atom stereocenters. The molecule has 1 heterocycles. The molecule has 2 amide bonds. The molecule has 0 saturated heterocycles. The molecule has 0 spiro atoms. The maximum Gasteiger partial charge on any atom is 0.324 e. The summed E-state index contributed by atoms with van der Waals surface area (Å²) in [6, 6.07) is 0.484. The summed E-state index contributed by atoms with van der Waals surface area (Å²) in [5.41, 5.74) is 0. The summed E-state index contributed by atoms with van der Waals surface area (Å²) in [6.45, 7) is 0. The lowest BCUT2D eigenvalue weighted by molar-refractivity contribution is -0.136. The number of hydrogen-bond acceptors (Lipinski definition) is 5. The number of nitrogens with one attached hydrogen (secondary N) is 1. The molecule has 2 N–H and O–H groups in total. The molecule has 2 fully saturated rings. The first-order valence-electron chi connectivity index (χ1n) is 10.2. The van der Waals surface area contributed by atoms with Crippen LogP contribution >= 0.6 is 11.3 Å². The molecule has 7 nitrogen and oxygen atoms in total. The summed E-state index contributed by atoms with van der Waals surface area (Å²) in [5.74, 6) is -0.914. The third-order valence-electron chi connectivity index (χ3n) is 5.59. The van der Waals surface area contributed by atoms with Gasteiger partial charge in [0.25, 0.3) is 0 Å². The predicted molar refractivity (Wildman–Crippen MR) is 110 cm³/mol. The Hall–Kier alpha value is -1.48. The van der Waals surface area contributed by atoms with Crippen LogP contribution in [0.5, 0.6) is 0 Å². The lowest BCUT2D eigenvalue weighted by Gasteiger charge is -2.41. The van der Waals surface area contributed by atoms with Crippen molar-refractivity contribution in [1.82, 2.24) is 9.88 Å². The molecule has 1 aromatic rings. The number of amides is 2. The molecule has 2 aliphatic rings. The largest absolute Gasteiger partial charge is 0.481 e. The molecular weight excluding hydrogens is 398 g/mol. The molecule has 156 valence electrons. The Morgan fingerprint density at radius 3 is 2.21 bits per heavy atom. The molecule has 2 saturated carbocycles. The van der Waals surface area contributed by atoms with Crippen LogP contribution in [0.2, 0.25) is 0 Å². The highest BCUT2D eigenvalue weighted by atomic mass is 32.2. The van der Waals surface area contributed by atoms with E-state index in [0.29, 0.717) is 21.4 Å². The fraction of sp³-hybridized carbons (Fsp3) is 0.737. The SMILES string of the molecule is O=C(O)CCS(=O)c1cnc(NC(=O)N(C2CCCCC2)C2CCCCC2)s1. The van der Waals surface area contributed by atoms with Crippen LogP contribution in [0.15, 0.2) is 10.4 Å². The van der Waals surface area contributed by atoms with Crippen LogP contribution in [0.3, 0.4) is 0 Å². The second kappa shape index (κ2) is 10.3. The number of hydrogen-bond donors (Lipinski definition) is 2. The number of carboxylic acids is 1. The smallest absolute Gasteiger partial charge is 0.324 e. The van der Waals surface area contributed by atoms with Crippen LogP contribution in [0.4, 0.5) is 9.93 Å². The quantitative estimate of drug-likeness (QED) is 0.678. The second-order valence-electron chi connectivity index (χ2n) is 7.60. The van der Waals surface area contributed by atoms with Gasteiger partial charge in [-0.1, -0.05) is 49.9 Å². The van der Waals surface area contributed by atoms with Crippen LogP contribution in [0.25, 0.3) is 0 Å². The Morgan fingerprint density at radius 1 is 1.11 bits per heavy atom. The van der Waals surface area contributed by atoms with Crippen molar-refractivity contribution >= 4 is 39.3 Å². The van der Waals surface area contributed by atoms with Crippen molar-refractivity contribution in [3.63, 3.8) is 0 Å². The summed E-state index contributed by atoms with van der Waals surface area (Å²) in [5, 5.41) is 12.1. The van der Waals surface area contributed by atoms with Gasteiger partial charge in [-0.15, -0.1) is 0 Å². The summed E-state index contributed by atoms with van der Waals surface area (Å²) < 4.78 is 12.7. The van der Waals surface area contributed by atoms with Gasteiger partial charge < -0.3 is 10.0 Å². The van der Waals surface area contributed by atoms with Gasteiger partial charge in [0.05, 0.1) is 23.4 Å². The van der Waals surface area contributed by atoms with Gasteiger partial charge in [0.2, 0.25) is 0 Å². The lowest BCUT2D eigenvalue weighted by Crippen LogP contribution is -2.50. The molecule has 3 rings (SSSR count). The summed E-state index contributed by atoms with van der Waals surface area (Å²) in [4.78, 5) is 30.1. The van der Waals surface area contributed by atoms with Crippen molar-refractivity contribution in [2.45, 2.75) is 86.9 Å². The molecule has 1 aromatic heterocycles. The third kappa shape index (κ3) is 5.76. The molecule has 9 heteroatoms. The zero-order valence-electron chi connectivity index (χ0n) is 16.1. The average molecular weight is 428 g/mol. The molecule has 2 aliphatic carbocycles. The zero-order chi connectivity index (χ0) is 19.9. The Kier molecular flexibility index (Phi) is 7.84. The molecule has 0 radical (unpaired) electrons. The lowest BCUT2D eigenvalue weighted by atomic mass is 9.89. The van der Waals surface area contributed by atoms with E-state index < -0.39 is 16.8 Å². The third-order valence-corrected chi connectivity index (χ3v) is 8.24. The van der Waals surface area contributed by atoms with Crippen LogP contribution in [0.1, 0.15) is 70.6 Å². The minimum absolute atomic E-state index is 0.0567. The topological polar surface area (TPSA) is 99.6 Å². The fourth-order valence-electron chi connectivity index (χ4n) is 4.21. The van der Waals surface area contributed by atoms with Crippen LogP contribution in [-0.4, -0.2) is 49.0 Å². The molecular formula is C19H29N3O4S2. The molecule has 28 heavy (non-hydrogen) atoms. The number of aromatic nitrogens is 1. The molecule has 0 aliphatic heterocycles. The standard InChI is InChI=1S/C19H29N3O4S2/c23-16(24)11-12-28(26)17-13-20-18(27-17)21-19(25)22(14-7-3-1-4-8-14)15-9-5-2-6-10-15/h13-15H,1-12H2,(H,23,24)(H,20,21,25). The predicted octanol–water partition coefficient (Wildman–Crippen LogP) is 4.22. The normalized spacial score (nSPS) is 19.9. The summed E-state index contributed by atoms with van der Waals surface area (Å²) >= 11 is 1.17. The van der Waals surface area contributed by atoms with Crippen molar-refractivity contribution in [3.05, 3.63) is 6.20 Å². The van der Waals surface area contributed by atoms with Crippen molar-refractivity contribution in [2.75, 3.05) is 11.1 Å². The van der Waals surface area contributed by atoms with E-state index in [-0.39, 0.29) is 18.2 Å². The number of anilines is 1. The molecule has 0 bridgehead atoms. The van der Waals surface area contributed by atoms with E-state index in [0.717, 1.165) is 25.7 Å². The zero-order valence-corrected chi connectivity index (χ0v) is 17.7. The Balaban J connectivity index is 1.65. The van der Waals surface area contributed by atoms with Crippen molar-refractivity contribution in [1.29, 1.82) is 0 Å². The highest BCUT2D eigenvalue weighted by molar-refractivity contribution is 7.87. The van der Waals surface area contributed by atoms with Gasteiger partial charge in [-0.25, -0.2) is 9.78 Å². The van der Waals surface area contributed by atoms with E-state index in [9.17, 15) is 13.8 Å². The number of carbonyl (C=O) groups excluding carboxylic acids is 1. The van der Waals surface area contributed by atoms with Gasteiger partial charge in [-0.2, -0.15) is 0 Å². The fourth-order valence-corrected chi connectivity index (χ4v) is 6.34. The van der Waals surface area contributed by atoms with Gasteiger partial charge in [0.15, 0.2) is 5.13 Å². The van der Waals surface area contributed by atoms with Crippen LogP contribution in [0, 0.1) is 0 Å². The first kappa shape index (κ1) is 21.2. The number of rotatable bonds is 7. The highest BCUT2D eigenvalue weighted by Gasteiger charge is 2.32.